The number of benzene rings is 1. The van der Waals surface area contributed by atoms with Crippen molar-refractivity contribution in [3.8, 4) is 5.75 Å². The maximum Gasteiger partial charge on any atom is 0.260 e. The Morgan fingerprint density at radius 2 is 2.15 bits per heavy atom. The third kappa shape index (κ3) is 3.29. The minimum atomic E-state index is -0.321. The topological polar surface area (TPSA) is 51.2 Å². The Morgan fingerprint density at radius 3 is 2.80 bits per heavy atom. The van der Waals surface area contributed by atoms with Crippen molar-refractivity contribution in [2.75, 3.05) is 12.4 Å². The molecule has 0 saturated heterocycles. The fourth-order valence-corrected chi connectivity index (χ4v) is 2.04. The Bertz CT molecular complexity index is 662. The van der Waals surface area contributed by atoms with E-state index in [0.717, 1.165) is 10.0 Å². The molecule has 104 valence electrons. The van der Waals surface area contributed by atoms with Gasteiger partial charge in [0.25, 0.3) is 5.91 Å². The maximum absolute atomic E-state index is 12.2. The number of amides is 1. The molecule has 1 amide bonds. The van der Waals surface area contributed by atoms with Crippen LogP contribution in [0.5, 0.6) is 5.75 Å². The first-order chi connectivity index (χ1) is 9.51. The average molecular weight is 356 g/mol. The van der Waals surface area contributed by atoms with Crippen LogP contribution < -0.4 is 10.1 Å². The Morgan fingerprint density at radius 1 is 1.40 bits per heavy atom. The number of aromatic nitrogens is 1. The molecule has 4 nitrogen and oxygen atoms in total. The van der Waals surface area contributed by atoms with Crippen LogP contribution >= 0.6 is 27.5 Å². The van der Waals surface area contributed by atoms with Gasteiger partial charge in [0, 0.05) is 15.7 Å². The van der Waals surface area contributed by atoms with Gasteiger partial charge in [-0.1, -0.05) is 11.6 Å². The fraction of sp³-hybridized carbons (Fsp3) is 0.143. The van der Waals surface area contributed by atoms with Gasteiger partial charge in [0.2, 0.25) is 0 Å². The van der Waals surface area contributed by atoms with E-state index in [0.29, 0.717) is 22.2 Å². The lowest BCUT2D eigenvalue weighted by molar-refractivity contribution is 0.102. The van der Waals surface area contributed by atoms with Crippen molar-refractivity contribution >= 4 is 39.3 Å². The van der Waals surface area contributed by atoms with E-state index in [1.807, 2.05) is 6.92 Å². The molecule has 1 heterocycles. The van der Waals surface area contributed by atoms with Gasteiger partial charge in [-0.3, -0.25) is 4.79 Å². The van der Waals surface area contributed by atoms with Gasteiger partial charge in [0.15, 0.2) is 0 Å². The number of carbonyl (C=O) groups excluding carboxylic acids is 1. The third-order valence-corrected chi connectivity index (χ3v) is 3.76. The second kappa shape index (κ2) is 6.24. The van der Waals surface area contributed by atoms with Gasteiger partial charge in [0.05, 0.1) is 12.7 Å². The number of hydrogen-bond donors (Lipinski definition) is 1. The molecule has 0 aliphatic carbocycles. The summed E-state index contributed by atoms with van der Waals surface area (Å²) >= 11 is 9.27. The Kier molecular flexibility index (Phi) is 4.62. The van der Waals surface area contributed by atoms with Crippen LogP contribution in [0.4, 0.5) is 5.82 Å². The number of methoxy groups -OCH3 is 1. The lowest BCUT2D eigenvalue weighted by Crippen LogP contribution is -2.14. The maximum atomic E-state index is 12.2. The summed E-state index contributed by atoms with van der Waals surface area (Å²) in [5.74, 6) is 0.608. The van der Waals surface area contributed by atoms with Crippen molar-refractivity contribution in [2.45, 2.75) is 6.92 Å². The number of anilines is 1. The second-order valence-corrected chi connectivity index (χ2v) is 5.41. The summed E-state index contributed by atoms with van der Waals surface area (Å²) in [6.45, 7) is 1.92. The first kappa shape index (κ1) is 14.8. The lowest BCUT2D eigenvalue weighted by atomic mass is 10.2. The fourth-order valence-electron chi connectivity index (χ4n) is 1.65. The normalized spacial score (nSPS) is 10.2. The molecule has 0 spiro atoms. The van der Waals surface area contributed by atoms with Crippen molar-refractivity contribution in [2.24, 2.45) is 0 Å². The largest absolute Gasteiger partial charge is 0.496 e. The van der Waals surface area contributed by atoms with Gasteiger partial charge in [-0.2, -0.15) is 0 Å². The summed E-state index contributed by atoms with van der Waals surface area (Å²) in [5, 5.41) is 3.19. The number of nitrogens with one attached hydrogen (secondary N) is 1. The molecule has 0 saturated carbocycles. The molecule has 2 aromatic rings. The summed E-state index contributed by atoms with van der Waals surface area (Å²) in [5.41, 5.74) is 1.34. The number of hydrogen-bond acceptors (Lipinski definition) is 3. The summed E-state index contributed by atoms with van der Waals surface area (Å²) < 4.78 is 6.04. The molecule has 0 radical (unpaired) electrons. The number of halogens is 2. The highest BCUT2D eigenvalue weighted by Crippen LogP contribution is 2.24. The average Bonchev–Trinajstić information content (AvgIpc) is 2.43. The number of pyridine rings is 1. The van der Waals surface area contributed by atoms with Crippen molar-refractivity contribution in [1.82, 2.24) is 4.98 Å². The molecule has 0 unspecified atom stereocenters. The summed E-state index contributed by atoms with van der Waals surface area (Å²) in [7, 11) is 1.50. The molecule has 2 rings (SSSR count). The number of rotatable bonds is 3. The van der Waals surface area contributed by atoms with Crippen LogP contribution in [0.1, 0.15) is 15.9 Å². The van der Waals surface area contributed by atoms with E-state index in [1.54, 1.807) is 30.5 Å². The van der Waals surface area contributed by atoms with E-state index >= 15 is 0 Å². The van der Waals surface area contributed by atoms with Crippen LogP contribution in [0.2, 0.25) is 5.02 Å². The molecule has 0 aliphatic heterocycles. The van der Waals surface area contributed by atoms with E-state index in [9.17, 15) is 4.79 Å². The number of ether oxygens (including phenoxy) is 1. The van der Waals surface area contributed by atoms with Crippen LogP contribution in [-0.2, 0) is 0 Å². The van der Waals surface area contributed by atoms with Crippen molar-refractivity contribution < 1.29 is 9.53 Å². The van der Waals surface area contributed by atoms with Gasteiger partial charge in [0.1, 0.15) is 11.6 Å². The summed E-state index contributed by atoms with van der Waals surface area (Å²) in [4.78, 5) is 16.4. The van der Waals surface area contributed by atoms with Crippen LogP contribution in [-0.4, -0.2) is 18.0 Å². The van der Waals surface area contributed by atoms with E-state index < -0.39 is 0 Å². The standard InChI is InChI=1S/C14H12BrClN2O2/c1-8-5-13(17-7-11(8)15)18-14(19)10-6-9(16)3-4-12(10)20-2/h3-7H,1-2H3,(H,17,18,19). The molecule has 0 atom stereocenters. The molecular weight excluding hydrogens is 344 g/mol. The van der Waals surface area contributed by atoms with Crippen LogP contribution in [0.25, 0.3) is 0 Å². The molecule has 1 aromatic heterocycles. The highest BCUT2D eigenvalue weighted by molar-refractivity contribution is 9.10. The van der Waals surface area contributed by atoms with E-state index in [2.05, 4.69) is 26.2 Å². The minimum absolute atomic E-state index is 0.321. The zero-order valence-corrected chi connectivity index (χ0v) is 13.2. The second-order valence-electron chi connectivity index (χ2n) is 4.12. The van der Waals surface area contributed by atoms with Crippen LogP contribution in [0.3, 0.4) is 0 Å². The first-order valence-corrected chi connectivity index (χ1v) is 6.95. The molecule has 1 N–H and O–H groups in total. The van der Waals surface area contributed by atoms with Crippen molar-refractivity contribution in [3.63, 3.8) is 0 Å². The Balaban J connectivity index is 2.27. The Labute approximate surface area is 130 Å². The quantitative estimate of drug-likeness (QED) is 0.903. The monoisotopic (exact) mass is 354 g/mol. The van der Waals surface area contributed by atoms with E-state index in [4.69, 9.17) is 16.3 Å². The van der Waals surface area contributed by atoms with Crippen LogP contribution in [0, 0.1) is 6.92 Å². The molecule has 20 heavy (non-hydrogen) atoms. The molecule has 6 heteroatoms. The Hall–Kier alpha value is -1.59. The van der Waals surface area contributed by atoms with Crippen molar-refractivity contribution in [1.29, 1.82) is 0 Å². The predicted molar refractivity (Wildman–Crippen MR) is 82.6 cm³/mol. The van der Waals surface area contributed by atoms with Gasteiger partial charge in [-0.25, -0.2) is 4.98 Å². The highest BCUT2D eigenvalue weighted by Gasteiger charge is 2.14. The molecule has 0 aliphatic rings. The van der Waals surface area contributed by atoms with Gasteiger partial charge >= 0.3 is 0 Å². The number of nitrogens with zero attached hydrogens (tertiary/aromatic N) is 1. The zero-order chi connectivity index (χ0) is 14.7. The molecule has 0 bridgehead atoms. The van der Waals surface area contributed by atoms with E-state index in [-0.39, 0.29) is 5.91 Å². The SMILES string of the molecule is COc1ccc(Cl)cc1C(=O)Nc1cc(C)c(Br)cn1. The number of carbonyl (C=O) groups is 1. The lowest BCUT2D eigenvalue weighted by Gasteiger charge is -2.10. The van der Waals surface area contributed by atoms with Gasteiger partial charge in [-0.15, -0.1) is 0 Å². The van der Waals surface area contributed by atoms with Gasteiger partial charge < -0.3 is 10.1 Å². The van der Waals surface area contributed by atoms with Gasteiger partial charge in [-0.05, 0) is 52.7 Å². The first-order valence-electron chi connectivity index (χ1n) is 5.78. The minimum Gasteiger partial charge on any atom is -0.496 e. The zero-order valence-electron chi connectivity index (χ0n) is 10.9. The third-order valence-electron chi connectivity index (χ3n) is 2.69. The van der Waals surface area contributed by atoms with E-state index in [1.165, 1.54) is 7.11 Å². The van der Waals surface area contributed by atoms with Crippen molar-refractivity contribution in [3.05, 3.63) is 51.1 Å². The molecule has 1 aromatic carbocycles. The highest BCUT2D eigenvalue weighted by atomic mass is 79.9. The summed E-state index contributed by atoms with van der Waals surface area (Å²) in [6.07, 6.45) is 1.64. The predicted octanol–water partition coefficient (Wildman–Crippen LogP) is 4.07. The number of aryl methyl sites for hydroxylation is 1. The molecule has 0 fully saturated rings. The molecular formula is C14H12BrClN2O2. The van der Waals surface area contributed by atoms with Crippen LogP contribution in [0.15, 0.2) is 34.9 Å². The summed E-state index contributed by atoms with van der Waals surface area (Å²) in [6, 6.07) is 6.65. The smallest absolute Gasteiger partial charge is 0.260 e.